The third kappa shape index (κ3) is 2.06. The van der Waals surface area contributed by atoms with Crippen molar-refractivity contribution in [1.29, 1.82) is 0 Å². The second-order valence-corrected chi connectivity index (χ2v) is 4.34. The van der Waals surface area contributed by atoms with Crippen molar-refractivity contribution in [3.8, 4) is 5.75 Å². The molecule has 1 aromatic carbocycles. The third-order valence-corrected chi connectivity index (χ3v) is 2.55. The lowest BCUT2D eigenvalue weighted by Crippen LogP contribution is -2.17. The van der Waals surface area contributed by atoms with Gasteiger partial charge in [-0.15, -0.1) is 0 Å². The average molecular weight is 321 g/mol. The smallest absolute Gasteiger partial charge is 0.288 e. The molecule has 5 heteroatoms. The number of rotatable bonds is 2. The Hall–Kier alpha value is -0.850. The quantitative estimate of drug-likeness (QED) is 0.618. The molecule has 1 amide bonds. The standard InChI is InChI=1S/C10H9FINO2/c1-13-5-6-2-3-7(15-10(11)12)4-8(6)9(13)14/h2-4,10H,5H2,1H3. The lowest BCUT2D eigenvalue weighted by atomic mass is 10.1. The Morgan fingerprint density at radius 3 is 3.00 bits per heavy atom. The number of benzene rings is 1. The van der Waals surface area contributed by atoms with Crippen molar-refractivity contribution in [1.82, 2.24) is 4.90 Å². The first kappa shape index (κ1) is 10.7. The molecule has 0 aliphatic carbocycles. The van der Waals surface area contributed by atoms with E-state index >= 15 is 0 Å². The first-order valence-electron chi connectivity index (χ1n) is 4.41. The molecule has 1 heterocycles. The van der Waals surface area contributed by atoms with Gasteiger partial charge in [-0.25, -0.2) is 0 Å². The lowest BCUT2D eigenvalue weighted by molar-refractivity contribution is 0.0815. The minimum absolute atomic E-state index is 0.0423. The van der Waals surface area contributed by atoms with E-state index in [9.17, 15) is 9.18 Å². The van der Waals surface area contributed by atoms with E-state index in [2.05, 4.69) is 0 Å². The molecule has 0 fully saturated rings. The number of carbonyl (C=O) groups excluding carboxylic acids is 1. The minimum atomic E-state index is -1.39. The number of hydrogen-bond donors (Lipinski definition) is 0. The molecular weight excluding hydrogens is 312 g/mol. The molecule has 2 rings (SSSR count). The molecule has 0 radical (unpaired) electrons. The predicted molar refractivity (Wildman–Crippen MR) is 61.8 cm³/mol. The first-order chi connectivity index (χ1) is 7.08. The van der Waals surface area contributed by atoms with E-state index in [1.54, 1.807) is 30.1 Å². The highest BCUT2D eigenvalue weighted by atomic mass is 127. The van der Waals surface area contributed by atoms with Crippen LogP contribution >= 0.6 is 22.6 Å². The Morgan fingerprint density at radius 1 is 1.60 bits per heavy atom. The highest BCUT2D eigenvalue weighted by molar-refractivity contribution is 14.1. The number of nitrogens with zero attached hydrogens (tertiary/aromatic N) is 1. The van der Waals surface area contributed by atoms with Crippen LogP contribution in [-0.4, -0.2) is 22.2 Å². The Morgan fingerprint density at radius 2 is 2.33 bits per heavy atom. The fourth-order valence-electron chi connectivity index (χ4n) is 1.60. The summed E-state index contributed by atoms with van der Waals surface area (Å²) in [6, 6.07) is 5.06. The molecule has 0 aromatic heterocycles. The summed E-state index contributed by atoms with van der Waals surface area (Å²) < 4.78 is 16.1. The monoisotopic (exact) mass is 321 g/mol. The zero-order valence-corrected chi connectivity index (χ0v) is 10.2. The highest BCUT2D eigenvalue weighted by Crippen LogP contribution is 2.26. The van der Waals surface area contributed by atoms with Crippen molar-refractivity contribution in [2.24, 2.45) is 0 Å². The molecule has 1 unspecified atom stereocenters. The second kappa shape index (κ2) is 3.96. The summed E-state index contributed by atoms with van der Waals surface area (Å²) in [5, 5.41) is 0. The van der Waals surface area contributed by atoms with Gasteiger partial charge in [0, 0.05) is 41.7 Å². The van der Waals surface area contributed by atoms with Crippen molar-refractivity contribution >= 4 is 28.5 Å². The predicted octanol–water partition coefficient (Wildman–Crippen LogP) is 2.34. The lowest BCUT2D eigenvalue weighted by Gasteiger charge is -2.06. The molecule has 0 saturated heterocycles. The molecule has 15 heavy (non-hydrogen) atoms. The number of alkyl halides is 2. The summed E-state index contributed by atoms with van der Waals surface area (Å²) in [6.07, 6.45) is 0. The fourth-order valence-corrected chi connectivity index (χ4v) is 1.90. The number of ether oxygens (including phenoxy) is 1. The summed E-state index contributed by atoms with van der Waals surface area (Å²) in [7, 11) is 1.74. The van der Waals surface area contributed by atoms with Crippen LogP contribution in [0.15, 0.2) is 18.2 Å². The van der Waals surface area contributed by atoms with Gasteiger partial charge in [0.2, 0.25) is 0 Å². The molecule has 80 valence electrons. The van der Waals surface area contributed by atoms with Crippen LogP contribution in [-0.2, 0) is 6.54 Å². The van der Waals surface area contributed by atoms with Gasteiger partial charge in [0.05, 0.1) is 0 Å². The Labute approximate surface area is 100 Å². The minimum Gasteiger partial charge on any atom is -0.452 e. The molecule has 0 bridgehead atoms. The first-order valence-corrected chi connectivity index (χ1v) is 5.65. The number of carbonyl (C=O) groups is 1. The van der Waals surface area contributed by atoms with Gasteiger partial charge in [-0.3, -0.25) is 4.79 Å². The molecule has 1 aliphatic heterocycles. The summed E-state index contributed by atoms with van der Waals surface area (Å²) in [5.41, 5.74) is 1.56. The van der Waals surface area contributed by atoms with Gasteiger partial charge in [-0.2, -0.15) is 4.39 Å². The summed E-state index contributed by atoms with van der Waals surface area (Å²) in [4.78, 5) is 13.2. The van der Waals surface area contributed by atoms with Crippen LogP contribution in [0.4, 0.5) is 4.39 Å². The van der Waals surface area contributed by atoms with E-state index in [1.165, 1.54) is 22.6 Å². The molecule has 1 aromatic rings. The average Bonchev–Trinajstić information content (AvgIpc) is 2.43. The van der Waals surface area contributed by atoms with Crippen LogP contribution in [0.2, 0.25) is 0 Å². The molecule has 3 nitrogen and oxygen atoms in total. The van der Waals surface area contributed by atoms with Crippen LogP contribution in [0.3, 0.4) is 0 Å². The van der Waals surface area contributed by atoms with E-state index in [1.807, 2.05) is 0 Å². The molecule has 0 spiro atoms. The Bertz CT molecular complexity index is 408. The van der Waals surface area contributed by atoms with E-state index in [0.717, 1.165) is 5.56 Å². The maximum atomic E-state index is 12.6. The topological polar surface area (TPSA) is 29.5 Å². The van der Waals surface area contributed by atoms with Gasteiger partial charge in [0.1, 0.15) is 5.75 Å². The van der Waals surface area contributed by atoms with Crippen molar-refractivity contribution in [3.63, 3.8) is 0 Å². The van der Waals surface area contributed by atoms with Crippen molar-refractivity contribution in [2.45, 2.75) is 10.9 Å². The zero-order chi connectivity index (χ0) is 11.0. The van der Waals surface area contributed by atoms with Crippen LogP contribution in [0.1, 0.15) is 15.9 Å². The van der Waals surface area contributed by atoms with Crippen LogP contribution < -0.4 is 4.74 Å². The highest BCUT2D eigenvalue weighted by Gasteiger charge is 2.24. The summed E-state index contributed by atoms with van der Waals surface area (Å²) in [5.74, 6) is 0.346. The number of fused-ring (bicyclic) bond motifs is 1. The molecule has 0 saturated carbocycles. The van der Waals surface area contributed by atoms with Crippen molar-refractivity contribution < 1.29 is 13.9 Å². The second-order valence-electron chi connectivity index (χ2n) is 3.36. The van der Waals surface area contributed by atoms with E-state index in [4.69, 9.17) is 4.74 Å². The molecule has 1 atom stereocenters. The Kier molecular flexibility index (Phi) is 2.81. The third-order valence-electron chi connectivity index (χ3n) is 2.29. The maximum Gasteiger partial charge on any atom is 0.288 e. The molecule has 1 aliphatic rings. The van der Waals surface area contributed by atoms with Crippen LogP contribution in [0.5, 0.6) is 5.75 Å². The van der Waals surface area contributed by atoms with Gasteiger partial charge >= 0.3 is 0 Å². The number of amides is 1. The van der Waals surface area contributed by atoms with Gasteiger partial charge in [0.25, 0.3) is 10.3 Å². The SMILES string of the molecule is CN1Cc2ccc(OC(F)I)cc2C1=O. The fraction of sp³-hybridized carbons (Fsp3) is 0.300. The van der Waals surface area contributed by atoms with E-state index < -0.39 is 4.36 Å². The van der Waals surface area contributed by atoms with Gasteiger partial charge in [0.15, 0.2) is 0 Å². The summed E-state index contributed by atoms with van der Waals surface area (Å²) in [6.45, 7) is 0.609. The van der Waals surface area contributed by atoms with Crippen molar-refractivity contribution in [3.05, 3.63) is 29.3 Å². The van der Waals surface area contributed by atoms with Crippen LogP contribution in [0, 0.1) is 0 Å². The maximum absolute atomic E-state index is 12.6. The van der Waals surface area contributed by atoms with E-state index in [-0.39, 0.29) is 5.91 Å². The van der Waals surface area contributed by atoms with Gasteiger partial charge in [-0.05, 0) is 17.7 Å². The normalized spacial score (nSPS) is 16.5. The zero-order valence-electron chi connectivity index (χ0n) is 8.04. The number of hydrogen-bond acceptors (Lipinski definition) is 2. The molecule has 0 N–H and O–H groups in total. The molecular formula is C10H9FINO2. The van der Waals surface area contributed by atoms with Gasteiger partial charge in [-0.1, -0.05) is 6.07 Å². The van der Waals surface area contributed by atoms with E-state index in [0.29, 0.717) is 17.9 Å². The summed E-state index contributed by atoms with van der Waals surface area (Å²) >= 11 is 1.52. The van der Waals surface area contributed by atoms with Gasteiger partial charge < -0.3 is 9.64 Å². The van der Waals surface area contributed by atoms with Crippen LogP contribution in [0.25, 0.3) is 0 Å². The Balaban J connectivity index is 2.31. The van der Waals surface area contributed by atoms with Crippen molar-refractivity contribution in [2.75, 3.05) is 7.05 Å². The number of halogens is 2. The largest absolute Gasteiger partial charge is 0.452 e.